The van der Waals surface area contributed by atoms with E-state index < -0.39 is 0 Å². The van der Waals surface area contributed by atoms with Crippen LogP contribution in [0.1, 0.15) is 57.6 Å². The van der Waals surface area contributed by atoms with E-state index in [1.807, 2.05) is 12.3 Å². The van der Waals surface area contributed by atoms with Crippen LogP contribution >= 0.6 is 15.9 Å². The standard InChI is InChI=1S/C16H24BrNO/c1-16(2)7-5-11(10-18-12-3-4-12)13(9-16)15-14(17)6-8-19-15/h6,8,11-13,18H,3-5,7,9-10H2,1-2H3. The normalized spacial score (nSPS) is 30.5. The fourth-order valence-corrected chi connectivity index (χ4v) is 3.86. The van der Waals surface area contributed by atoms with E-state index in [0.29, 0.717) is 11.3 Å². The summed E-state index contributed by atoms with van der Waals surface area (Å²) in [6.07, 6.45) is 8.42. The van der Waals surface area contributed by atoms with E-state index >= 15 is 0 Å². The van der Waals surface area contributed by atoms with Crippen LogP contribution in [0.4, 0.5) is 0 Å². The Hall–Kier alpha value is -0.280. The number of hydrogen-bond acceptors (Lipinski definition) is 2. The topological polar surface area (TPSA) is 25.2 Å². The third-order valence-corrected chi connectivity index (χ3v) is 5.42. The van der Waals surface area contributed by atoms with Gasteiger partial charge in [0.2, 0.25) is 0 Å². The van der Waals surface area contributed by atoms with E-state index in [4.69, 9.17) is 4.42 Å². The molecule has 3 heteroatoms. The largest absolute Gasteiger partial charge is 0.468 e. The first-order valence-corrected chi connectivity index (χ1v) is 8.31. The van der Waals surface area contributed by atoms with Crippen molar-refractivity contribution in [1.29, 1.82) is 0 Å². The average molecular weight is 326 g/mol. The number of nitrogens with one attached hydrogen (secondary N) is 1. The van der Waals surface area contributed by atoms with Gasteiger partial charge in [-0.3, -0.25) is 0 Å². The number of furan rings is 1. The summed E-state index contributed by atoms with van der Waals surface area (Å²) in [6, 6.07) is 2.83. The fourth-order valence-electron chi connectivity index (χ4n) is 3.37. The van der Waals surface area contributed by atoms with Crippen LogP contribution in [0.3, 0.4) is 0 Å². The molecule has 0 spiro atoms. The maximum Gasteiger partial charge on any atom is 0.121 e. The highest BCUT2D eigenvalue weighted by atomic mass is 79.9. The van der Waals surface area contributed by atoms with Gasteiger partial charge in [0, 0.05) is 12.0 Å². The molecule has 2 nitrogen and oxygen atoms in total. The van der Waals surface area contributed by atoms with Crippen molar-refractivity contribution in [1.82, 2.24) is 5.32 Å². The molecule has 1 heterocycles. The smallest absolute Gasteiger partial charge is 0.121 e. The third-order valence-electron chi connectivity index (χ3n) is 4.76. The van der Waals surface area contributed by atoms with Gasteiger partial charge in [0.25, 0.3) is 0 Å². The maximum atomic E-state index is 5.78. The lowest BCUT2D eigenvalue weighted by molar-refractivity contribution is 0.145. The van der Waals surface area contributed by atoms with Gasteiger partial charge in [-0.15, -0.1) is 0 Å². The molecule has 0 amide bonds. The number of hydrogen-bond donors (Lipinski definition) is 1. The molecule has 0 bridgehead atoms. The Morgan fingerprint density at radius 2 is 2.16 bits per heavy atom. The average Bonchev–Trinajstić information content (AvgIpc) is 3.08. The summed E-state index contributed by atoms with van der Waals surface area (Å²) in [5.74, 6) is 2.44. The van der Waals surface area contributed by atoms with Crippen molar-refractivity contribution in [2.24, 2.45) is 11.3 Å². The highest BCUT2D eigenvalue weighted by Gasteiger charge is 2.38. The van der Waals surface area contributed by atoms with E-state index in [1.165, 1.54) is 32.1 Å². The van der Waals surface area contributed by atoms with Gasteiger partial charge in [-0.05, 0) is 72.0 Å². The summed E-state index contributed by atoms with van der Waals surface area (Å²) >= 11 is 3.65. The minimum atomic E-state index is 0.437. The van der Waals surface area contributed by atoms with Crippen LogP contribution in [-0.2, 0) is 0 Å². The van der Waals surface area contributed by atoms with Crippen LogP contribution in [0.2, 0.25) is 0 Å². The predicted molar refractivity (Wildman–Crippen MR) is 81.3 cm³/mol. The second kappa shape index (κ2) is 5.25. The first-order valence-electron chi connectivity index (χ1n) is 7.51. The highest BCUT2D eigenvalue weighted by Crippen LogP contribution is 2.48. The molecule has 2 saturated carbocycles. The second-order valence-electron chi connectivity index (χ2n) is 7.09. The number of halogens is 1. The zero-order valence-corrected chi connectivity index (χ0v) is 13.5. The molecule has 2 aliphatic rings. The van der Waals surface area contributed by atoms with E-state index in [9.17, 15) is 0 Å². The zero-order chi connectivity index (χ0) is 13.5. The van der Waals surface area contributed by atoms with Gasteiger partial charge in [-0.25, -0.2) is 0 Å². The lowest BCUT2D eigenvalue weighted by Crippen LogP contribution is -2.35. The molecular formula is C16H24BrNO. The lowest BCUT2D eigenvalue weighted by Gasteiger charge is -2.40. The first kappa shape index (κ1) is 13.7. The lowest BCUT2D eigenvalue weighted by atomic mass is 9.66. The SMILES string of the molecule is CC1(C)CCC(CNC2CC2)C(c2occc2Br)C1. The molecule has 2 atom stereocenters. The Labute approximate surface area is 124 Å². The Kier molecular flexibility index (Phi) is 3.78. The molecular weight excluding hydrogens is 302 g/mol. The molecule has 19 heavy (non-hydrogen) atoms. The first-order chi connectivity index (χ1) is 9.05. The van der Waals surface area contributed by atoms with Gasteiger partial charge in [-0.1, -0.05) is 13.8 Å². The van der Waals surface area contributed by atoms with Gasteiger partial charge < -0.3 is 9.73 Å². The molecule has 2 unspecified atom stereocenters. The van der Waals surface area contributed by atoms with Crippen molar-refractivity contribution < 1.29 is 4.42 Å². The molecule has 1 aromatic rings. The van der Waals surface area contributed by atoms with Crippen LogP contribution in [0, 0.1) is 11.3 Å². The minimum Gasteiger partial charge on any atom is -0.468 e. The molecule has 0 radical (unpaired) electrons. The molecule has 1 N–H and O–H groups in total. The second-order valence-corrected chi connectivity index (χ2v) is 7.94. The summed E-state index contributed by atoms with van der Waals surface area (Å²) in [4.78, 5) is 0. The fraction of sp³-hybridized carbons (Fsp3) is 0.750. The van der Waals surface area contributed by atoms with Crippen molar-refractivity contribution in [2.45, 2.75) is 57.9 Å². The van der Waals surface area contributed by atoms with Gasteiger partial charge in [0.15, 0.2) is 0 Å². The van der Waals surface area contributed by atoms with E-state index in [1.54, 1.807) is 0 Å². The summed E-state index contributed by atoms with van der Waals surface area (Å²) in [5, 5.41) is 3.71. The summed E-state index contributed by atoms with van der Waals surface area (Å²) < 4.78 is 6.92. The van der Waals surface area contributed by atoms with Crippen LogP contribution in [0.5, 0.6) is 0 Å². The molecule has 0 aromatic carbocycles. The van der Waals surface area contributed by atoms with Crippen LogP contribution in [-0.4, -0.2) is 12.6 Å². The summed E-state index contributed by atoms with van der Waals surface area (Å²) in [5.41, 5.74) is 0.437. The van der Waals surface area contributed by atoms with Crippen molar-refractivity contribution in [3.63, 3.8) is 0 Å². The summed E-state index contributed by atoms with van der Waals surface area (Å²) in [7, 11) is 0. The molecule has 0 aliphatic heterocycles. The van der Waals surface area contributed by atoms with E-state index in [0.717, 1.165) is 28.7 Å². The number of rotatable bonds is 4. The van der Waals surface area contributed by atoms with Crippen molar-refractivity contribution in [3.8, 4) is 0 Å². The maximum absolute atomic E-state index is 5.78. The quantitative estimate of drug-likeness (QED) is 0.867. The Morgan fingerprint density at radius 3 is 2.79 bits per heavy atom. The monoisotopic (exact) mass is 325 g/mol. The Morgan fingerprint density at radius 1 is 1.37 bits per heavy atom. The molecule has 2 fully saturated rings. The van der Waals surface area contributed by atoms with Gasteiger partial charge >= 0.3 is 0 Å². The van der Waals surface area contributed by atoms with Gasteiger partial charge in [0.05, 0.1) is 10.7 Å². The predicted octanol–water partition coefficient (Wildman–Crippen LogP) is 4.70. The molecule has 0 saturated heterocycles. The van der Waals surface area contributed by atoms with Gasteiger partial charge in [0.1, 0.15) is 5.76 Å². The van der Waals surface area contributed by atoms with Gasteiger partial charge in [-0.2, -0.15) is 0 Å². The van der Waals surface area contributed by atoms with Crippen molar-refractivity contribution in [3.05, 3.63) is 22.6 Å². The van der Waals surface area contributed by atoms with Crippen molar-refractivity contribution >= 4 is 15.9 Å². The Balaban J connectivity index is 1.74. The van der Waals surface area contributed by atoms with Crippen molar-refractivity contribution in [2.75, 3.05) is 6.54 Å². The Bertz CT molecular complexity index is 434. The summed E-state index contributed by atoms with van der Waals surface area (Å²) in [6.45, 7) is 5.93. The zero-order valence-electron chi connectivity index (χ0n) is 11.9. The molecule has 2 aliphatic carbocycles. The van der Waals surface area contributed by atoms with E-state index in [-0.39, 0.29) is 0 Å². The molecule has 106 valence electrons. The third kappa shape index (κ3) is 3.25. The molecule has 3 rings (SSSR count). The van der Waals surface area contributed by atoms with Crippen LogP contribution in [0.25, 0.3) is 0 Å². The van der Waals surface area contributed by atoms with Crippen LogP contribution in [0.15, 0.2) is 21.2 Å². The minimum absolute atomic E-state index is 0.437. The van der Waals surface area contributed by atoms with Crippen LogP contribution < -0.4 is 5.32 Å². The highest BCUT2D eigenvalue weighted by molar-refractivity contribution is 9.10. The van der Waals surface area contributed by atoms with E-state index in [2.05, 4.69) is 35.1 Å². The molecule has 1 aromatic heterocycles.